The lowest BCUT2D eigenvalue weighted by molar-refractivity contribution is 0.495. The molecule has 0 saturated carbocycles. The number of hydrogen-bond donors (Lipinski definition) is 2. The number of nitrogens with one attached hydrogen (secondary N) is 1. The topological polar surface area (TPSA) is 77.0 Å². The molecule has 1 unspecified atom stereocenters. The van der Waals surface area contributed by atoms with Crippen LogP contribution in [-0.2, 0) is 6.42 Å². The Labute approximate surface area is 123 Å². The molecular formula is C16H18N4O. The number of nitrogen functional groups attached to an aromatic ring is 1. The highest BCUT2D eigenvalue weighted by Gasteiger charge is 2.08. The summed E-state index contributed by atoms with van der Waals surface area (Å²) in [4.78, 5) is 8.59. The zero-order chi connectivity index (χ0) is 14.7. The van der Waals surface area contributed by atoms with Gasteiger partial charge >= 0.3 is 0 Å². The minimum atomic E-state index is 0.273. The molecular weight excluding hydrogens is 264 g/mol. The van der Waals surface area contributed by atoms with Gasteiger partial charge in [-0.25, -0.2) is 9.97 Å². The summed E-state index contributed by atoms with van der Waals surface area (Å²) >= 11 is 0. The van der Waals surface area contributed by atoms with E-state index in [4.69, 9.17) is 10.2 Å². The van der Waals surface area contributed by atoms with Crippen molar-refractivity contribution in [3.63, 3.8) is 0 Å². The first kappa shape index (κ1) is 13.4. The van der Waals surface area contributed by atoms with Crippen LogP contribution >= 0.6 is 0 Å². The lowest BCUT2D eigenvalue weighted by Gasteiger charge is -2.15. The van der Waals surface area contributed by atoms with Crippen molar-refractivity contribution in [1.82, 2.24) is 9.97 Å². The molecule has 1 aromatic carbocycles. The third kappa shape index (κ3) is 3.13. The fraction of sp³-hybridized carbons (Fsp3) is 0.250. The fourth-order valence-corrected chi connectivity index (χ4v) is 2.31. The molecule has 108 valence electrons. The first-order valence-electron chi connectivity index (χ1n) is 7.01. The number of furan rings is 1. The van der Waals surface area contributed by atoms with Gasteiger partial charge in [-0.05, 0) is 43.7 Å². The number of aryl methyl sites for hydroxylation is 1. The maximum atomic E-state index is 5.85. The standard InChI is InChI=1S/C16H18N4O/c1-11(4-6-13-3-2-8-21-13)20-16-14-9-12(17)5-7-15(14)18-10-19-16/h2-3,5,7-11H,4,6,17H2,1H3,(H,18,19,20). The van der Waals surface area contributed by atoms with Crippen molar-refractivity contribution in [3.8, 4) is 0 Å². The fourth-order valence-electron chi connectivity index (χ4n) is 2.31. The second-order valence-corrected chi connectivity index (χ2v) is 5.16. The SMILES string of the molecule is CC(CCc1ccco1)Nc1ncnc2ccc(N)cc12. The van der Waals surface area contributed by atoms with Crippen LogP contribution < -0.4 is 11.1 Å². The van der Waals surface area contributed by atoms with Gasteiger partial charge in [0.05, 0.1) is 11.8 Å². The number of benzene rings is 1. The average molecular weight is 282 g/mol. The average Bonchev–Trinajstić information content (AvgIpc) is 2.99. The third-order valence-electron chi connectivity index (χ3n) is 3.45. The van der Waals surface area contributed by atoms with E-state index in [1.165, 1.54) is 0 Å². The Kier molecular flexibility index (Phi) is 3.73. The van der Waals surface area contributed by atoms with Crippen molar-refractivity contribution < 1.29 is 4.42 Å². The van der Waals surface area contributed by atoms with Crippen molar-refractivity contribution in [2.45, 2.75) is 25.8 Å². The quantitative estimate of drug-likeness (QED) is 0.702. The second kappa shape index (κ2) is 5.83. The molecule has 3 N–H and O–H groups in total. The van der Waals surface area contributed by atoms with Crippen LogP contribution in [-0.4, -0.2) is 16.0 Å². The molecule has 0 saturated heterocycles. The van der Waals surface area contributed by atoms with E-state index >= 15 is 0 Å². The highest BCUT2D eigenvalue weighted by molar-refractivity contribution is 5.91. The number of rotatable bonds is 5. The van der Waals surface area contributed by atoms with Gasteiger partial charge in [0.25, 0.3) is 0 Å². The molecule has 0 aliphatic rings. The molecule has 21 heavy (non-hydrogen) atoms. The first-order chi connectivity index (χ1) is 10.2. The Hall–Kier alpha value is -2.56. The zero-order valence-corrected chi connectivity index (χ0v) is 11.9. The van der Waals surface area contributed by atoms with E-state index in [1.54, 1.807) is 12.6 Å². The predicted molar refractivity (Wildman–Crippen MR) is 84.1 cm³/mol. The van der Waals surface area contributed by atoms with E-state index in [0.29, 0.717) is 5.69 Å². The van der Waals surface area contributed by atoms with E-state index in [0.717, 1.165) is 35.3 Å². The molecule has 0 aliphatic heterocycles. The van der Waals surface area contributed by atoms with Crippen molar-refractivity contribution in [1.29, 1.82) is 0 Å². The van der Waals surface area contributed by atoms with Crippen LogP contribution in [0, 0.1) is 0 Å². The lowest BCUT2D eigenvalue weighted by atomic mass is 10.1. The van der Waals surface area contributed by atoms with Crippen LogP contribution in [0.4, 0.5) is 11.5 Å². The molecule has 1 atom stereocenters. The van der Waals surface area contributed by atoms with Crippen LogP contribution in [0.1, 0.15) is 19.1 Å². The van der Waals surface area contributed by atoms with Crippen LogP contribution in [0.2, 0.25) is 0 Å². The molecule has 3 aromatic rings. The number of nitrogens with two attached hydrogens (primary N) is 1. The summed E-state index contributed by atoms with van der Waals surface area (Å²) in [7, 11) is 0. The predicted octanol–water partition coefficient (Wildman–Crippen LogP) is 3.24. The minimum Gasteiger partial charge on any atom is -0.469 e. The number of aromatic nitrogens is 2. The van der Waals surface area contributed by atoms with Crippen molar-refractivity contribution in [2.75, 3.05) is 11.1 Å². The van der Waals surface area contributed by atoms with Gasteiger partial charge in [0.15, 0.2) is 0 Å². The van der Waals surface area contributed by atoms with Crippen molar-refractivity contribution in [3.05, 3.63) is 48.7 Å². The maximum absolute atomic E-state index is 5.85. The van der Waals surface area contributed by atoms with E-state index in [2.05, 4.69) is 22.2 Å². The van der Waals surface area contributed by atoms with E-state index < -0.39 is 0 Å². The van der Waals surface area contributed by atoms with Crippen LogP contribution in [0.5, 0.6) is 0 Å². The summed E-state index contributed by atoms with van der Waals surface area (Å²) in [5.74, 6) is 1.82. The Morgan fingerprint density at radius 1 is 1.29 bits per heavy atom. The van der Waals surface area contributed by atoms with Gasteiger partial charge in [-0.3, -0.25) is 0 Å². The van der Waals surface area contributed by atoms with Gasteiger partial charge in [-0.15, -0.1) is 0 Å². The van der Waals surface area contributed by atoms with E-state index in [9.17, 15) is 0 Å². The molecule has 0 bridgehead atoms. The number of hydrogen-bond acceptors (Lipinski definition) is 5. The Bertz CT molecular complexity index is 724. The molecule has 2 aromatic heterocycles. The molecule has 3 rings (SSSR count). The van der Waals surface area contributed by atoms with E-state index in [1.807, 2.05) is 30.3 Å². The third-order valence-corrected chi connectivity index (χ3v) is 3.45. The molecule has 5 nitrogen and oxygen atoms in total. The largest absolute Gasteiger partial charge is 0.469 e. The molecule has 0 fully saturated rings. The number of fused-ring (bicyclic) bond motifs is 1. The summed E-state index contributed by atoms with van der Waals surface area (Å²) in [6, 6.07) is 9.83. The highest BCUT2D eigenvalue weighted by atomic mass is 16.3. The summed E-state index contributed by atoms with van der Waals surface area (Å²) in [5.41, 5.74) is 7.45. The summed E-state index contributed by atoms with van der Waals surface area (Å²) < 4.78 is 5.35. The Morgan fingerprint density at radius 3 is 3.00 bits per heavy atom. The normalized spacial score (nSPS) is 12.4. The van der Waals surface area contributed by atoms with Gasteiger partial charge in [-0.2, -0.15) is 0 Å². The summed E-state index contributed by atoms with van der Waals surface area (Å²) in [6.07, 6.45) is 5.13. The highest BCUT2D eigenvalue weighted by Crippen LogP contribution is 2.22. The zero-order valence-electron chi connectivity index (χ0n) is 11.9. The van der Waals surface area contributed by atoms with Gasteiger partial charge in [0.1, 0.15) is 17.9 Å². The van der Waals surface area contributed by atoms with Crippen LogP contribution in [0.25, 0.3) is 10.9 Å². The molecule has 0 spiro atoms. The van der Waals surface area contributed by atoms with Crippen molar-refractivity contribution in [2.24, 2.45) is 0 Å². The minimum absolute atomic E-state index is 0.273. The first-order valence-corrected chi connectivity index (χ1v) is 7.01. The smallest absolute Gasteiger partial charge is 0.137 e. The number of nitrogens with zero attached hydrogens (tertiary/aromatic N) is 2. The van der Waals surface area contributed by atoms with Crippen molar-refractivity contribution >= 4 is 22.4 Å². The molecule has 5 heteroatoms. The summed E-state index contributed by atoms with van der Waals surface area (Å²) in [5, 5.41) is 4.37. The summed E-state index contributed by atoms with van der Waals surface area (Å²) in [6.45, 7) is 2.13. The van der Waals surface area contributed by atoms with Gasteiger partial charge < -0.3 is 15.5 Å². The van der Waals surface area contributed by atoms with E-state index in [-0.39, 0.29) is 6.04 Å². The second-order valence-electron chi connectivity index (χ2n) is 5.16. The number of anilines is 2. The van der Waals surface area contributed by atoms with Crippen LogP contribution in [0.15, 0.2) is 47.3 Å². The van der Waals surface area contributed by atoms with Gasteiger partial charge in [0, 0.05) is 23.5 Å². The maximum Gasteiger partial charge on any atom is 0.137 e. The Balaban J connectivity index is 1.73. The molecule has 2 heterocycles. The monoisotopic (exact) mass is 282 g/mol. The molecule has 0 aliphatic carbocycles. The Morgan fingerprint density at radius 2 is 2.19 bits per heavy atom. The molecule has 0 amide bonds. The lowest BCUT2D eigenvalue weighted by Crippen LogP contribution is -2.17. The van der Waals surface area contributed by atoms with Gasteiger partial charge in [-0.1, -0.05) is 0 Å². The molecule has 0 radical (unpaired) electrons. The van der Waals surface area contributed by atoms with Crippen LogP contribution in [0.3, 0.4) is 0 Å². The van der Waals surface area contributed by atoms with Gasteiger partial charge in [0.2, 0.25) is 0 Å².